The molecule has 1 aliphatic carbocycles. The maximum atomic E-state index is 13.2. The number of aromatic nitrogens is 2. The second-order valence-electron chi connectivity index (χ2n) is 8.47. The number of imidazole rings is 1. The third kappa shape index (κ3) is 4.88. The van der Waals surface area contributed by atoms with E-state index in [-0.39, 0.29) is 11.8 Å². The Morgan fingerprint density at radius 3 is 2.72 bits per heavy atom. The van der Waals surface area contributed by atoms with Crippen LogP contribution in [-0.4, -0.2) is 27.7 Å². The lowest BCUT2D eigenvalue weighted by atomic mass is 10.0. The van der Waals surface area contributed by atoms with Gasteiger partial charge in [-0.2, -0.15) is 0 Å². The Morgan fingerprint density at radius 1 is 1.22 bits per heavy atom. The number of pyridine rings is 1. The predicted molar refractivity (Wildman–Crippen MR) is 129 cm³/mol. The first-order valence-electron chi connectivity index (χ1n) is 11.7. The van der Waals surface area contributed by atoms with Crippen LogP contribution in [0.15, 0.2) is 35.8 Å². The van der Waals surface area contributed by atoms with Crippen LogP contribution >= 0.6 is 11.3 Å². The number of aryl methyl sites for hydroxylation is 1. The van der Waals surface area contributed by atoms with Gasteiger partial charge in [0.1, 0.15) is 11.5 Å². The van der Waals surface area contributed by atoms with Gasteiger partial charge in [-0.05, 0) is 49.3 Å². The first-order valence-corrected chi connectivity index (χ1v) is 12.6. The van der Waals surface area contributed by atoms with Gasteiger partial charge < -0.3 is 5.32 Å². The molecule has 3 aromatic heterocycles. The molecular formula is C25H32N4O2S. The second-order valence-corrected chi connectivity index (χ2v) is 9.50. The molecule has 1 aliphatic rings. The molecule has 0 atom stereocenters. The van der Waals surface area contributed by atoms with Crippen molar-refractivity contribution < 1.29 is 9.59 Å². The monoisotopic (exact) mass is 452 g/mol. The molecule has 1 N–H and O–H groups in total. The third-order valence-electron chi connectivity index (χ3n) is 6.38. The number of rotatable bonds is 9. The minimum absolute atomic E-state index is 0.131. The lowest BCUT2D eigenvalue weighted by molar-refractivity contribution is -0.118. The summed E-state index contributed by atoms with van der Waals surface area (Å²) in [5.74, 6) is 1.50. The average Bonchev–Trinajstić information content (AvgIpc) is 3.57. The van der Waals surface area contributed by atoms with Gasteiger partial charge in [0.25, 0.3) is 5.91 Å². The van der Waals surface area contributed by atoms with E-state index in [4.69, 9.17) is 4.98 Å². The molecule has 0 unspecified atom stereocenters. The molecule has 4 rings (SSSR count). The summed E-state index contributed by atoms with van der Waals surface area (Å²) in [5, 5.41) is 4.98. The van der Waals surface area contributed by atoms with Crippen molar-refractivity contribution in [3.8, 4) is 0 Å². The smallest absolute Gasteiger partial charge is 0.253 e. The summed E-state index contributed by atoms with van der Waals surface area (Å²) in [4.78, 5) is 33.7. The number of nitrogens with zero attached hydrogens (tertiary/aromatic N) is 3. The Bertz CT molecular complexity index is 1070. The number of hydrogen-bond donors (Lipinski definition) is 1. The van der Waals surface area contributed by atoms with Crippen molar-refractivity contribution >= 4 is 34.6 Å². The summed E-state index contributed by atoms with van der Waals surface area (Å²) in [6.07, 6.45) is 9.15. The second kappa shape index (κ2) is 10.3. The van der Waals surface area contributed by atoms with Crippen LogP contribution < -0.4 is 10.2 Å². The predicted octanol–water partition coefficient (Wildman–Crippen LogP) is 5.21. The molecule has 1 saturated carbocycles. The molecule has 7 heteroatoms. The highest BCUT2D eigenvalue weighted by atomic mass is 32.1. The SMILES string of the molecule is CCc1nc2ccc(C(=O)NCc3cccs3)cn2c1N(CC)C(=O)CCC1CCCC1. The molecule has 32 heavy (non-hydrogen) atoms. The van der Waals surface area contributed by atoms with E-state index in [1.807, 2.05) is 46.0 Å². The number of nitrogens with one attached hydrogen (secondary N) is 1. The number of carbonyl (C=O) groups excluding carboxylic acids is 2. The number of thiophene rings is 1. The van der Waals surface area contributed by atoms with Crippen molar-refractivity contribution in [1.82, 2.24) is 14.7 Å². The van der Waals surface area contributed by atoms with Crippen LogP contribution in [0.3, 0.4) is 0 Å². The molecule has 3 aromatic rings. The van der Waals surface area contributed by atoms with Gasteiger partial charge in [-0.15, -0.1) is 11.3 Å². The van der Waals surface area contributed by atoms with Crippen molar-refractivity contribution in [2.45, 2.75) is 65.3 Å². The van der Waals surface area contributed by atoms with Gasteiger partial charge in [0.15, 0.2) is 0 Å². The Labute approximate surface area is 193 Å². The Kier molecular flexibility index (Phi) is 7.25. The van der Waals surface area contributed by atoms with E-state index >= 15 is 0 Å². The molecule has 1 fully saturated rings. The Hall–Kier alpha value is -2.67. The van der Waals surface area contributed by atoms with Crippen molar-refractivity contribution in [3.63, 3.8) is 0 Å². The maximum absolute atomic E-state index is 13.2. The summed E-state index contributed by atoms with van der Waals surface area (Å²) < 4.78 is 1.91. The van der Waals surface area contributed by atoms with E-state index < -0.39 is 0 Å². The molecule has 6 nitrogen and oxygen atoms in total. The average molecular weight is 453 g/mol. The van der Waals surface area contributed by atoms with Crippen LogP contribution in [0.5, 0.6) is 0 Å². The zero-order valence-electron chi connectivity index (χ0n) is 19.0. The largest absolute Gasteiger partial charge is 0.347 e. The molecule has 0 bridgehead atoms. The number of fused-ring (bicyclic) bond motifs is 1. The lowest BCUT2D eigenvalue weighted by Crippen LogP contribution is -2.32. The highest BCUT2D eigenvalue weighted by Crippen LogP contribution is 2.30. The maximum Gasteiger partial charge on any atom is 0.253 e. The number of hydrogen-bond acceptors (Lipinski definition) is 4. The molecule has 170 valence electrons. The van der Waals surface area contributed by atoms with Crippen molar-refractivity contribution in [1.29, 1.82) is 0 Å². The number of anilines is 1. The zero-order valence-corrected chi connectivity index (χ0v) is 19.8. The molecule has 0 saturated heterocycles. The van der Waals surface area contributed by atoms with E-state index in [9.17, 15) is 9.59 Å². The number of amides is 2. The van der Waals surface area contributed by atoms with Gasteiger partial charge >= 0.3 is 0 Å². The van der Waals surface area contributed by atoms with Crippen LogP contribution in [0.2, 0.25) is 0 Å². The lowest BCUT2D eigenvalue weighted by Gasteiger charge is -2.22. The van der Waals surface area contributed by atoms with Crippen molar-refractivity contribution in [2.75, 3.05) is 11.4 Å². The van der Waals surface area contributed by atoms with E-state index in [1.165, 1.54) is 25.7 Å². The van der Waals surface area contributed by atoms with Crippen LogP contribution in [0.1, 0.15) is 73.3 Å². The summed E-state index contributed by atoms with van der Waals surface area (Å²) in [7, 11) is 0. The van der Waals surface area contributed by atoms with Crippen LogP contribution in [0, 0.1) is 5.92 Å². The molecular weight excluding hydrogens is 420 g/mol. The minimum Gasteiger partial charge on any atom is -0.347 e. The summed E-state index contributed by atoms with van der Waals surface area (Å²) in [6.45, 7) is 5.14. The molecule has 2 amide bonds. The summed E-state index contributed by atoms with van der Waals surface area (Å²) in [5.41, 5.74) is 2.20. The first kappa shape index (κ1) is 22.5. The van der Waals surface area contributed by atoms with Gasteiger partial charge in [0, 0.05) is 24.0 Å². The third-order valence-corrected chi connectivity index (χ3v) is 7.25. The van der Waals surface area contributed by atoms with Gasteiger partial charge in [-0.1, -0.05) is 38.7 Å². The van der Waals surface area contributed by atoms with E-state index in [2.05, 4.69) is 12.2 Å². The number of carbonyl (C=O) groups is 2. The van der Waals surface area contributed by atoms with Gasteiger partial charge in [0.05, 0.1) is 17.8 Å². The fourth-order valence-corrected chi connectivity index (χ4v) is 5.27. The van der Waals surface area contributed by atoms with Crippen LogP contribution in [0.25, 0.3) is 5.65 Å². The van der Waals surface area contributed by atoms with Crippen molar-refractivity contribution in [3.05, 3.63) is 52.0 Å². The zero-order chi connectivity index (χ0) is 22.5. The topological polar surface area (TPSA) is 66.7 Å². The molecule has 0 radical (unpaired) electrons. The van der Waals surface area contributed by atoms with E-state index in [1.54, 1.807) is 17.4 Å². The fraction of sp³-hybridized carbons (Fsp3) is 0.480. The highest BCUT2D eigenvalue weighted by molar-refractivity contribution is 7.09. The van der Waals surface area contributed by atoms with Gasteiger partial charge in [-0.25, -0.2) is 4.98 Å². The van der Waals surface area contributed by atoms with Gasteiger partial charge in [-0.3, -0.25) is 18.9 Å². The normalized spacial score (nSPS) is 14.2. The van der Waals surface area contributed by atoms with Crippen LogP contribution in [0.4, 0.5) is 5.82 Å². The fourth-order valence-electron chi connectivity index (χ4n) is 4.63. The molecule has 0 spiro atoms. The molecule has 3 heterocycles. The van der Waals surface area contributed by atoms with E-state index in [0.29, 0.717) is 31.0 Å². The van der Waals surface area contributed by atoms with E-state index in [0.717, 1.165) is 34.9 Å². The highest BCUT2D eigenvalue weighted by Gasteiger charge is 2.24. The van der Waals surface area contributed by atoms with Crippen LogP contribution in [-0.2, 0) is 17.8 Å². The quantitative estimate of drug-likeness (QED) is 0.484. The van der Waals surface area contributed by atoms with Gasteiger partial charge in [0.2, 0.25) is 5.91 Å². The Balaban J connectivity index is 1.57. The Morgan fingerprint density at radius 2 is 2.03 bits per heavy atom. The minimum atomic E-state index is -0.131. The summed E-state index contributed by atoms with van der Waals surface area (Å²) >= 11 is 1.62. The summed E-state index contributed by atoms with van der Waals surface area (Å²) in [6, 6.07) is 7.64. The standard InChI is InChI=1S/C25H32N4O2S/c1-3-21-25(28(4-2)23(30)14-11-18-8-5-6-9-18)29-17-19(12-13-22(29)27-21)24(31)26-16-20-10-7-15-32-20/h7,10,12-13,15,17-18H,3-6,8-9,11,14,16H2,1-2H3,(H,26,31). The molecule has 0 aliphatic heterocycles. The molecule has 0 aromatic carbocycles. The van der Waals surface area contributed by atoms with Crippen molar-refractivity contribution in [2.24, 2.45) is 5.92 Å². The first-order chi connectivity index (χ1) is 15.6.